The van der Waals surface area contributed by atoms with Crippen LogP contribution in [-0.2, 0) is 15.0 Å². The van der Waals surface area contributed by atoms with Crippen molar-refractivity contribution in [2.45, 2.75) is 59.4 Å². The van der Waals surface area contributed by atoms with Crippen molar-refractivity contribution in [3.8, 4) is 5.75 Å². The van der Waals surface area contributed by atoms with E-state index in [0.717, 1.165) is 5.56 Å². The smallest absolute Gasteiger partial charge is 0.243 e. The van der Waals surface area contributed by atoms with E-state index in [9.17, 15) is 14.7 Å². The number of phenols is 1. The van der Waals surface area contributed by atoms with Crippen LogP contribution in [0.2, 0.25) is 0 Å². The van der Waals surface area contributed by atoms with Gasteiger partial charge in [-0.3, -0.25) is 9.59 Å². The summed E-state index contributed by atoms with van der Waals surface area (Å²) in [4.78, 5) is 25.8. The van der Waals surface area contributed by atoms with E-state index in [2.05, 4.69) is 19.2 Å². The van der Waals surface area contributed by atoms with Crippen LogP contribution in [0, 0.1) is 5.92 Å². The van der Waals surface area contributed by atoms with Crippen LogP contribution in [-0.4, -0.2) is 41.0 Å². The van der Waals surface area contributed by atoms with Gasteiger partial charge in [-0.1, -0.05) is 53.7 Å². The highest BCUT2D eigenvalue weighted by Gasteiger charge is 2.48. The number of hydrogen-bond donors (Lipinski definition) is 2. The van der Waals surface area contributed by atoms with Crippen molar-refractivity contribution in [2.75, 3.05) is 13.1 Å². The monoisotopic (exact) mass is 348 g/mol. The first kappa shape index (κ1) is 21.0. The average molecular weight is 348 g/mol. The number of phenolic OH excluding ortho intramolecular Hbond substituents is 1. The van der Waals surface area contributed by atoms with Crippen molar-refractivity contribution in [2.24, 2.45) is 5.92 Å². The Hall–Kier alpha value is -2.04. The van der Waals surface area contributed by atoms with Crippen molar-refractivity contribution in [1.29, 1.82) is 0 Å². The zero-order valence-corrected chi connectivity index (χ0v) is 16.3. The lowest BCUT2D eigenvalue weighted by Gasteiger charge is -2.50. The third-order valence-electron chi connectivity index (χ3n) is 5.09. The van der Waals surface area contributed by atoms with E-state index in [0.29, 0.717) is 13.0 Å². The van der Waals surface area contributed by atoms with Gasteiger partial charge in [0.2, 0.25) is 11.8 Å². The van der Waals surface area contributed by atoms with Crippen LogP contribution in [0.5, 0.6) is 5.75 Å². The lowest BCUT2D eigenvalue weighted by Crippen LogP contribution is -2.65. The average Bonchev–Trinajstić information content (AvgIpc) is 2.63. The Morgan fingerprint density at radius 2 is 1.84 bits per heavy atom. The minimum atomic E-state index is -0.408. The molecule has 0 aromatic heterocycles. The van der Waals surface area contributed by atoms with Gasteiger partial charge in [0, 0.05) is 6.54 Å². The van der Waals surface area contributed by atoms with Crippen LogP contribution in [0.25, 0.3) is 0 Å². The maximum absolute atomic E-state index is 12.1. The largest absolute Gasteiger partial charge is 0.508 e. The first-order chi connectivity index (χ1) is 11.9. The molecule has 3 atom stereocenters. The van der Waals surface area contributed by atoms with Gasteiger partial charge in [-0.05, 0) is 35.4 Å². The van der Waals surface area contributed by atoms with Crippen LogP contribution in [0.3, 0.4) is 0 Å². The molecule has 1 aromatic carbocycles. The van der Waals surface area contributed by atoms with Gasteiger partial charge in [0.15, 0.2) is 0 Å². The lowest BCUT2D eigenvalue weighted by molar-refractivity contribution is -0.150. The summed E-state index contributed by atoms with van der Waals surface area (Å²) in [6.07, 6.45) is 0.579. The summed E-state index contributed by atoms with van der Waals surface area (Å²) in [5.41, 5.74) is 0.773. The molecule has 2 fully saturated rings. The van der Waals surface area contributed by atoms with Gasteiger partial charge in [-0.25, -0.2) is 0 Å². The van der Waals surface area contributed by atoms with Crippen LogP contribution in [0.1, 0.15) is 53.5 Å². The van der Waals surface area contributed by atoms with E-state index < -0.39 is 6.04 Å². The number of amides is 2. The summed E-state index contributed by atoms with van der Waals surface area (Å²) in [5.74, 6) is 0.357. The molecule has 2 saturated heterocycles. The number of carbonyl (C=O) groups is 2. The number of hydrogen-bond acceptors (Lipinski definition) is 3. The van der Waals surface area contributed by atoms with E-state index in [-0.39, 0.29) is 35.4 Å². The molecule has 0 saturated carbocycles. The fourth-order valence-electron chi connectivity index (χ4n) is 3.49. The van der Waals surface area contributed by atoms with E-state index in [4.69, 9.17) is 0 Å². The van der Waals surface area contributed by atoms with Crippen molar-refractivity contribution in [3.63, 3.8) is 0 Å². The first-order valence-electron chi connectivity index (χ1n) is 9.28. The van der Waals surface area contributed by atoms with Crippen molar-refractivity contribution in [3.05, 3.63) is 29.8 Å². The Morgan fingerprint density at radius 3 is 2.44 bits per heavy atom. The number of carbonyl (C=O) groups excluding carboxylic acids is 2. The number of piperazine rings is 1. The zero-order valence-electron chi connectivity index (χ0n) is 16.3. The van der Waals surface area contributed by atoms with Gasteiger partial charge in [-0.2, -0.15) is 0 Å². The topological polar surface area (TPSA) is 69.6 Å². The third kappa shape index (κ3) is 4.14. The highest BCUT2D eigenvalue weighted by molar-refractivity contribution is 5.95. The molecule has 2 aliphatic rings. The summed E-state index contributed by atoms with van der Waals surface area (Å²) in [6, 6.07) is 6.79. The van der Waals surface area contributed by atoms with Crippen molar-refractivity contribution < 1.29 is 14.7 Å². The number of nitrogens with zero attached hydrogens (tertiary/aromatic N) is 1. The molecule has 1 aromatic rings. The standard InChI is InChI=1S/C16H20N2O3.2C2H6/c1-10-9-18-13(15(21)17-8-14(18)20)7-16(10,2)11-4-3-5-12(19)6-11;2*1-2/h3-6,10,13,19H,7-9H2,1-2H3,(H,17,21);2*1-2H3. The Morgan fingerprint density at radius 1 is 1.20 bits per heavy atom. The van der Waals surface area contributed by atoms with Crippen LogP contribution in [0.15, 0.2) is 24.3 Å². The quantitative estimate of drug-likeness (QED) is 0.819. The van der Waals surface area contributed by atoms with E-state index in [1.165, 1.54) is 0 Å². The van der Waals surface area contributed by atoms with Crippen LogP contribution >= 0.6 is 0 Å². The molecule has 140 valence electrons. The van der Waals surface area contributed by atoms with Crippen LogP contribution in [0.4, 0.5) is 0 Å². The van der Waals surface area contributed by atoms with Gasteiger partial charge in [-0.15, -0.1) is 0 Å². The maximum Gasteiger partial charge on any atom is 0.243 e. The highest BCUT2D eigenvalue weighted by atomic mass is 16.3. The van der Waals surface area contributed by atoms with E-state index in [1.807, 2.05) is 39.8 Å². The second-order valence-electron chi connectivity index (χ2n) is 6.35. The Labute approximate surface area is 151 Å². The summed E-state index contributed by atoms with van der Waals surface area (Å²) < 4.78 is 0. The molecule has 0 bridgehead atoms. The SMILES string of the molecule is CC.CC.CC1CN2C(=O)CNC(=O)C2CC1(C)c1cccc(O)c1. The highest BCUT2D eigenvalue weighted by Crippen LogP contribution is 2.43. The number of benzene rings is 1. The summed E-state index contributed by atoms with van der Waals surface area (Å²) >= 11 is 0. The molecule has 2 heterocycles. The molecule has 0 aliphatic carbocycles. The Balaban J connectivity index is 0.000000730. The second-order valence-corrected chi connectivity index (χ2v) is 6.35. The normalized spacial score (nSPS) is 27.8. The number of aromatic hydroxyl groups is 1. The molecule has 0 radical (unpaired) electrons. The molecule has 2 aliphatic heterocycles. The predicted octanol–water partition coefficient (Wildman–Crippen LogP) is 3.07. The molecular formula is C20H32N2O3. The lowest BCUT2D eigenvalue weighted by atomic mass is 9.65. The maximum atomic E-state index is 12.1. The van der Waals surface area contributed by atoms with Gasteiger partial charge in [0.25, 0.3) is 0 Å². The minimum Gasteiger partial charge on any atom is -0.508 e. The Kier molecular flexibility index (Phi) is 7.46. The predicted molar refractivity (Wildman–Crippen MR) is 100 cm³/mol. The molecule has 3 unspecified atom stereocenters. The number of fused-ring (bicyclic) bond motifs is 1. The number of nitrogens with one attached hydrogen (secondary N) is 1. The number of piperidine rings is 1. The molecule has 5 nitrogen and oxygen atoms in total. The summed E-state index contributed by atoms with van der Waals surface area (Å²) in [6.45, 7) is 12.9. The third-order valence-corrected chi connectivity index (χ3v) is 5.09. The van der Waals surface area contributed by atoms with E-state index >= 15 is 0 Å². The first-order valence-corrected chi connectivity index (χ1v) is 9.28. The molecule has 2 amide bonds. The van der Waals surface area contributed by atoms with Gasteiger partial charge >= 0.3 is 0 Å². The van der Waals surface area contributed by atoms with Crippen molar-refractivity contribution in [1.82, 2.24) is 10.2 Å². The molecule has 3 rings (SSSR count). The second kappa shape index (κ2) is 8.88. The van der Waals surface area contributed by atoms with Crippen molar-refractivity contribution >= 4 is 11.8 Å². The molecule has 2 N–H and O–H groups in total. The Bertz CT molecular complexity index is 602. The fourth-order valence-corrected chi connectivity index (χ4v) is 3.49. The molecular weight excluding hydrogens is 316 g/mol. The van der Waals surface area contributed by atoms with Gasteiger partial charge in [0.1, 0.15) is 11.8 Å². The summed E-state index contributed by atoms with van der Waals surface area (Å²) in [7, 11) is 0. The number of rotatable bonds is 1. The zero-order chi connectivity index (χ0) is 19.2. The van der Waals surface area contributed by atoms with Gasteiger partial charge in [0.05, 0.1) is 6.54 Å². The molecule has 5 heteroatoms. The minimum absolute atomic E-state index is 0.00981. The molecule has 0 spiro atoms. The fraction of sp³-hybridized carbons (Fsp3) is 0.600. The van der Waals surface area contributed by atoms with Crippen LogP contribution < -0.4 is 5.32 Å². The molecule has 25 heavy (non-hydrogen) atoms. The van der Waals surface area contributed by atoms with Gasteiger partial charge < -0.3 is 15.3 Å². The summed E-state index contributed by atoms with van der Waals surface area (Å²) in [5, 5.41) is 12.4. The van der Waals surface area contributed by atoms with E-state index in [1.54, 1.807) is 17.0 Å².